The summed E-state index contributed by atoms with van der Waals surface area (Å²) in [5.41, 5.74) is 6.76. The van der Waals surface area contributed by atoms with Crippen molar-refractivity contribution in [1.29, 1.82) is 0 Å². The summed E-state index contributed by atoms with van der Waals surface area (Å²) in [7, 11) is 0. The van der Waals surface area contributed by atoms with Crippen molar-refractivity contribution in [3.05, 3.63) is 43.5 Å². The van der Waals surface area contributed by atoms with Crippen LogP contribution in [0.25, 0.3) is 10.4 Å². The fraction of sp³-hybridized carbons (Fsp3) is 0.636. The summed E-state index contributed by atoms with van der Waals surface area (Å²) in [6.07, 6.45) is 2.04. The van der Waals surface area contributed by atoms with E-state index in [0.717, 1.165) is 0 Å². The molecule has 1 fully saturated rings. The van der Waals surface area contributed by atoms with E-state index in [-0.39, 0.29) is 5.92 Å². The monoisotopic (exact) mass is 423 g/mol. The van der Waals surface area contributed by atoms with Crippen LogP contribution in [-0.4, -0.2) is 25.5 Å². The average molecular weight is 423 g/mol. The standard InChI is InChI=1S/C11H14IN5O3S/c12-6-11(15-16-13)5-7(2-4-21)9(20-11)17-3-1-8(18)14-10(17)19/h1,3,7,9,21H,2,4-6H2,(H,14,18,19)/t7?,9-,11?/m1/s1. The van der Waals surface area contributed by atoms with Crippen molar-refractivity contribution in [1.82, 2.24) is 9.55 Å². The van der Waals surface area contributed by atoms with Gasteiger partial charge in [-0.1, -0.05) is 27.7 Å². The molecular formula is C11H14IN5O3S. The van der Waals surface area contributed by atoms with Gasteiger partial charge in [0.2, 0.25) is 0 Å². The van der Waals surface area contributed by atoms with E-state index in [1.807, 2.05) is 0 Å². The number of rotatable bonds is 5. The maximum atomic E-state index is 11.9. The predicted molar refractivity (Wildman–Crippen MR) is 88.8 cm³/mol. The van der Waals surface area contributed by atoms with Crippen molar-refractivity contribution in [3.63, 3.8) is 0 Å². The summed E-state index contributed by atoms with van der Waals surface area (Å²) >= 11 is 6.32. The highest BCUT2D eigenvalue weighted by atomic mass is 127. The first kappa shape index (κ1) is 16.4. The van der Waals surface area contributed by atoms with Gasteiger partial charge < -0.3 is 4.74 Å². The molecule has 1 aromatic rings. The van der Waals surface area contributed by atoms with Crippen molar-refractivity contribution >= 4 is 35.2 Å². The van der Waals surface area contributed by atoms with E-state index in [4.69, 9.17) is 10.3 Å². The first-order valence-corrected chi connectivity index (χ1v) is 8.43. The van der Waals surface area contributed by atoms with Gasteiger partial charge in [-0.25, -0.2) is 4.79 Å². The van der Waals surface area contributed by atoms with Crippen LogP contribution in [0.2, 0.25) is 0 Å². The lowest BCUT2D eigenvalue weighted by Crippen LogP contribution is -2.34. The zero-order valence-electron chi connectivity index (χ0n) is 11.0. The third-order valence-corrected chi connectivity index (χ3v) is 4.84. The second-order valence-corrected chi connectivity index (χ2v) is 5.98. The molecule has 21 heavy (non-hydrogen) atoms. The maximum Gasteiger partial charge on any atom is 0.330 e. The van der Waals surface area contributed by atoms with E-state index >= 15 is 0 Å². The molecule has 1 aromatic heterocycles. The summed E-state index contributed by atoms with van der Waals surface area (Å²) in [5, 5.41) is 3.77. The van der Waals surface area contributed by atoms with Gasteiger partial charge in [0.1, 0.15) is 6.23 Å². The molecule has 0 radical (unpaired) electrons. The highest BCUT2D eigenvalue weighted by Gasteiger charge is 2.46. The van der Waals surface area contributed by atoms with Crippen LogP contribution in [0.5, 0.6) is 0 Å². The number of azide groups is 1. The van der Waals surface area contributed by atoms with E-state index in [1.165, 1.54) is 16.8 Å². The first-order chi connectivity index (χ1) is 10.0. The molecule has 1 aliphatic rings. The van der Waals surface area contributed by atoms with Crippen LogP contribution in [-0.2, 0) is 4.74 Å². The third kappa shape index (κ3) is 3.44. The Morgan fingerprint density at radius 2 is 2.43 bits per heavy atom. The normalized spacial score (nSPS) is 28.3. The minimum absolute atomic E-state index is 0.0219. The molecule has 1 N–H and O–H groups in total. The average Bonchev–Trinajstić information content (AvgIpc) is 2.79. The smallest absolute Gasteiger partial charge is 0.330 e. The minimum atomic E-state index is -0.969. The van der Waals surface area contributed by atoms with Crippen LogP contribution in [0.3, 0.4) is 0 Å². The van der Waals surface area contributed by atoms with Gasteiger partial charge in [0.05, 0.1) is 0 Å². The molecule has 2 heterocycles. The van der Waals surface area contributed by atoms with Crippen molar-refractivity contribution in [2.45, 2.75) is 24.8 Å². The SMILES string of the molecule is [N-]=[N+]=NC1(CI)CC(CCS)[C@H](n2ccc(=O)[nH]c2=O)O1. The molecule has 3 atom stereocenters. The number of hydrogen-bond acceptors (Lipinski definition) is 5. The highest BCUT2D eigenvalue weighted by Crippen LogP contribution is 2.44. The zero-order chi connectivity index (χ0) is 15.5. The van der Waals surface area contributed by atoms with E-state index < -0.39 is 23.2 Å². The molecule has 2 rings (SSSR count). The molecule has 1 saturated heterocycles. The molecule has 114 valence electrons. The Bertz CT molecular complexity index is 670. The number of aromatic amines is 1. The Morgan fingerprint density at radius 1 is 1.67 bits per heavy atom. The Morgan fingerprint density at radius 3 is 3.00 bits per heavy atom. The van der Waals surface area contributed by atoms with E-state index in [9.17, 15) is 9.59 Å². The fourth-order valence-corrected chi connectivity index (χ4v) is 3.44. The number of halogens is 1. The summed E-state index contributed by atoms with van der Waals surface area (Å²) in [6, 6.07) is 1.26. The molecule has 0 spiro atoms. The lowest BCUT2D eigenvalue weighted by Gasteiger charge is -2.22. The van der Waals surface area contributed by atoms with Crippen LogP contribution in [0, 0.1) is 5.92 Å². The zero-order valence-corrected chi connectivity index (χ0v) is 14.0. The van der Waals surface area contributed by atoms with Crippen molar-refractivity contribution in [2.24, 2.45) is 11.0 Å². The summed E-state index contributed by atoms with van der Waals surface area (Å²) in [4.78, 5) is 28.2. The Labute approximate surface area is 139 Å². The number of hydrogen-bond donors (Lipinski definition) is 2. The van der Waals surface area contributed by atoms with Crippen LogP contribution >= 0.6 is 35.2 Å². The highest BCUT2D eigenvalue weighted by molar-refractivity contribution is 14.1. The van der Waals surface area contributed by atoms with Gasteiger partial charge in [0.25, 0.3) is 5.56 Å². The Hall–Kier alpha value is -0.970. The molecule has 2 unspecified atom stereocenters. The molecular weight excluding hydrogens is 409 g/mol. The fourth-order valence-electron chi connectivity index (χ4n) is 2.46. The van der Waals surface area contributed by atoms with E-state index in [1.54, 1.807) is 0 Å². The Balaban J connectivity index is 2.42. The number of ether oxygens (including phenoxy) is 1. The number of nitrogens with zero attached hydrogens (tertiary/aromatic N) is 4. The van der Waals surface area contributed by atoms with Gasteiger partial charge in [0.15, 0.2) is 5.72 Å². The second-order valence-electron chi connectivity index (χ2n) is 4.77. The molecule has 10 heteroatoms. The van der Waals surface area contributed by atoms with Gasteiger partial charge in [-0.05, 0) is 24.1 Å². The van der Waals surface area contributed by atoms with Crippen molar-refractivity contribution in [2.75, 3.05) is 10.2 Å². The maximum absolute atomic E-state index is 11.9. The largest absolute Gasteiger partial charge is 0.344 e. The molecule has 0 bridgehead atoms. The van der Waals surface area contributed by atoms with Gasteiger partial charge in [-0.15, -0.1) is 0 Å². The van der Waals surface area contributed by atoms with Crippen LogP contribution in [0.1, 0.15) is 19.1 Å². The first-order valence-electron chi connectivity index (χ1n) is 6.27. The molecule has 0 aliphatic carbocycles. The molecule has 8 nitrogen and oxygen atoms in total. The predicted octanol–water partition coefficient (Wildman–Crippen LogP) is 1.83. The van der Waals surface area contributed by atoms with E-state index in [2.05, 4.69) is 50.2 Å². The number of aromatic nitrogens is 2. The Kier molecular flexibility index (Phi) is 5.36. The quantitative estimate of drug-likeness (QED) is 0.188. The summed E-state index contributed by atoms with van der Waals surface area (Å²) in [5.74, 6) is 0.599. The molecule has 0 amide bonds. The molecule has 0 saturated carbocycles. The van der Waals surface area contributed by atoms with Crippen molar-refractivity contribution in [3.8, 4) is 0 Å². The number of thiol groups is 1. The minimum Gasteiger partial charge on any atom is -0.344 e. The van der Waals surface area contributed by atoms with Gasteiger partial charge in [-0.2, -0.15) is 12.6 Å². The summed E-state index contributed by atoms with van der Waals surface area (Å²) in [6.45, 7) is 0. The van der Waals surface area contributed by atoms with Gasteiger partial charge in [-0.3, -0.25) is 14.3 Å². The van der Waals surface area contributed by atoms with Crippen LogP contribution in [0.4, 0.5) is 0 Å². The number of alkyl halides is 1. The second kappa shape index (κ2) is 6.86. The van der Waals surface area contributed by atoms with Gasteiger partial charge >= 0.3 is 5.69 Å². The van der Waals surface area contributed by atoms with E-state index in [0.29, 0.717) is 23.0 Å². The van der Waals surface area contributed by atoms with Crippen LogP contribution < -0.4 is 11.2 Å². The van der Waals surface area contributed by atoms with Crippen LogP contribution in [0.15, 0.2) is 27.0 Å². The number of nitrogens with one attached hydrogen (secondary N) is 1. The lowest BCUT2D eigenvalue weighted by molar-refractivity contribution is -0.0629. The topological polar surface area (TPSA) is 113 Å². The third-order valence-electron chi connectivity index (χ3n) is 3.39. The molecule has 1 aliphatic heterocycles. The molecule has 0 aromatic carbocycles. The van der Waals surface area contributed by atoms with Gasteiger partial charge in [0, 0.05) is 27.5 Å². The number of H-pyrrole nitrogens is 1. The lowest BCUT2D eigenvalue weighted by atomic mass is 9.98. The van der Waals surface area contributed by atoms with Crippen molar-refractivity contribution < 1.29 is 4.74 Å². The summed E-state index contributed by atoms with van der Waals surface area (Å²) < 4.78 is 7.70.